The number of alkyl halides is 1. The largest absolute Gasteiger partial charge is 0.465 e. The van der Waals surface area contributed by atoms with E-state index in [1.807, 2.05) is 35.2 Å². The molecule has 0 aromatic heterocycles. The summed E-state index contributed by atoms with van der Waals surface area (Å²) < 4.78 is 13.7. The molecule has 1 amide bonds. The van der Waals surface area contributed by atoms with Gasteiger partial charge in [0.25, 0.3) is 0 Å². The first-order chi connectivity index (χ1) is 8.65. The van der Waals surface area contributed by atoms with Crippen molar-refractivity contribution < 1.29 is 14.3 Å². The lowest BCUT2D eigenvalue weighted by atomic mass is 10.1. The Morgan fingerprint density at radius 3 is 2.78 bits per heavy atom. The zero-order chi connectivity index (χ0) is 13.0. The molecule has 2 rings (SSSR count). The highest BCUT2D eigenvalue weighted by Gasteiger charge is 2.32. The van der Waals surface area contributed by atoms with Crippen LogP contribution in [0.15, 0.2) is 30.3 Å². The van der Waals surface area contributed by atoms with Gasteiger partial charge in [-0.1, -0.05) is 30.3 Å². The molecule has 1 aromatic rings. The molecule has 1 aliphatic heterocycles. The summed E-state index contributed by atoms with van der Waals surface area (Å²) in [5, 5.41) is 10.8. The third-order valence-electron chi connectivity index (χ3n) is 3.20. The SMILES string of the molecule is O=C(O)NC[C@@H]1CN(Cc2ccccc2)C[C@H]1F. The fraction of sp³-hybridized carbons (Fsp3) is 0.462. The molecule has 0 aliphatic carbocycles. The maximum atomic E-state index is 13.7. The first-order valence-corrected chi connectivity index (χ1v) is 6.02. The van der Waals surface area contributed by atoms with E-state index in [2.05, 4.69) is 5.32 Å². The van der Waals surface area contributed by atoms with Crippen LogP contribution in [0.5, 0.6) is 0 Å². The van der Waals surface area contributed by atoms with Crippen LogP contribution in [0.3, 0.4) is 0 Å². The molecule has 0 saturated carbocycles. The van der Waals surface area contributed by atoms with E-state index in [0.717, 1.165) is 5.56 Å². The summed E-state index contributed by atoms with van der Waals surface area (Å²) >= 11 is 0. The second-order valence-electron chi connectivity index (χ2n) is 4.64. The van der Waals surface area contributed by atoms with Gasteiger partial charge in [-0.15, -0.1) is 0 Å². The number of halogens is 1. The Labute approximate surface area is 105 Å². The van der Waals surface area contributed by atoms with Gasteiger partial charge in [0.1, 0.15) is 6.17 Å². The average Bonchev–Trinajstić information content (AvgIpc) is 2.68. The third-order valence-corrected chi connectivity index (χ3v) is 3.20. The summed E-state index contributed by atoms with van der Waals surface area (Å²) in [6.07, 6.45) is -2.05. The number of carbonyl (C=O) groups is 1. The lowest BCUT2D eigenvalue weighted by molar-refractivity contribution is 0.189. The molecular formula is C13H17FN2O2. The van der Waals surface area contributed by atoms with Gasteiger partial charge < -0.3 is 10.4 Å². The normalized spacial score (nSPS) is 24.1. The van der Waals surface area contributed by atoms with Crippen molar-refractivity contribution in [3.63, 3.8) is 0 Å². The van der Waals surface area contributed by atoms with Crippen molar-refractivity contribution in [2.75, 3.05) is 19.6 Å². The minimum Gasteiger partial charge on any atom is -0.465 e. The second-order valence-corrected chi connectivity index (χ2v) is 4.64. The summed E-state index contributed by atoms with van der Waals surface area (Å²) in [5.74, 6) is -0.246. The van der Waals surface area contributed by atoms with Crippen molar-refractivity contribution >= 4 is 6.09 Å². The fourth-order valence-electron chi connectivity index (χ4n) is 2.30. The minimum atomic E-state index is -1.09. The van der Waals surface area contributed by atoms with Crippen molar-refractivity contribution in [2.45, 2.75) is 12.7 Å². The van der Waals surface area contributed by atoms with Gasteiger partial charge in [0.05, 0.1) is 0 Å². The maximum Gasteiger partial charge on any atom is 0.404 e. The van der Waals surface area contributed by atoms with Gasteiger partial charge in [0, 0.05) is 32.1 Å². The first kappa shape index (κ1) is 12.8. The van der Waals surface area contributed by atoms with Crippen molar-refractivity contribution in [1.29, 1.82) is 0 Å². The van der Waals surface area contributed by atoms with E-state index >= 15 is 0 Å². The number of hydrogen-bond donors (Lipinski definition) is 2. The van der Waals surface area contributed by atoms with E-state index < -0.39 is 12.3 Å². The molecule has 1 saturated heterocycles. The van der Waals surface area contributed by atoms with E-state index in [-0.39, 0.29) is 12.5 Å². The summed E-state index contributed by atoms with van der Waals surface area (Å²) in [5.41, 5.74) is 1.15. The van der Waals surface area contributed by atoms with Gasteiger partial charge in [-0.2, -0.15) is 0 Å². The van der Waals surface area contributed by atoms with Crippen molar-refractivity contribution in [3.8, 4) is 0 Å². The molecule has 0 unspecified atom stereocenters. The molecule has 0 spiro atoms. The molecule has 18 heavy (non-hydrogen) atoms. The van der Waals surface area contributed by atoms with Crippen molar-refractivity contribution in [2.24, 2.45) is 5.92 Å². The Kier molecular flexibility index (Phi) is 4.15. The zero-order valence-corrected chi connectivity index (χ0v) is 10.1. The topological polar surface area (TPSA) is 52.6 Å². The molecule has 4 nitrogen and oxygen atoms in total. The number of benzene rings is 1. The van der Waals surface area contributed by atoms with Crippen molar-refractivity contribution in [1.82, 2.24) is 10.2 Å². The van der Waals surface area contributed by atoms with Crippen LogP contribution in [0.25, 0.3) is 0 Å². The zero-order valence-electron chi connectivity index (χ0n) is 10.1. The molecule has 1 fully saturated rings. The molecular weight excluding hydrogens is 235 g/mol. The van der Waals surface area contributed by atoms with Gasteiger partial charge in [-0.25, -0.2) is 9.18 Å². The highest BCUT2D eigenvalue weighted by atomic mass is 19.1. The minimum absolute atomic E-state index is 0.182. The van der Waals surface area contributed by atoms with E-state index in [9.17, 15) is 9.18 Å². The summed E-state index contributed by atoms with van der Waals surface area (Å²) in [7, 11) is 0. The predicted octanol–water partition coefficient (Wildman–Crippen LogP) is 1.72. The van der Waals surface area contributed by atoms with E-state index in [4.69, 9.17) is 5.11 Å². The van der Waals surface area contributed by atoms with Gasteiger partial charge >= 0.3 is 6.09 Å². The van der Waals surface area contributed by atoms with Crippen LogP contribution in [-0.4, -0.2) is 41.9 Å². The molecule has 98 valence electrons. The number of carboxylic acid groups (broad SMARTS) is 1. The Balaban J connectivity index is 1.84. The third kappa shape index (κ3) is 3.43. The standard InChI is InChI=1S/C13H17FN2O2/c14-12-9-16(7-10-4-2-1-3-5-10)8-11(12)6-15-13(17)18/h1-5,11-12,15H,6-9H2,(H,17,18)/t11-,12-/m1/s1. The number of nitrogens with zero attached hydrogens (tertiary/aromatic N) is 1. The lowest BCUT2D eigenvalue weighted by Gasteiger charge is -2.15. The van der Waals surface area contributed by atoms with Crippen LogP contribution in [0.1, 0.15) is 5.56 Å². The highest BCUT2D eigenvalue weighted by molar-refractivity contribution is 5.64. The monoisotopic (exact) mass is 252 g/mol. The fourth-order valence-corrected chi connectivity index (χ4v) is 2.30. The van der Waals surface area contributed by atoms with Crippen molar-refractivity contribution in [3.05, 3.63) is 35.9 Å². The average molecular weight is 252 g/mol. The molecule has 2 N–H and O–H groups in total. The quantitative estimate of drug-likeness (QED) is 0.858. The number of rotatable bonds is 4. The van der Waals surface area contributed by atoms with Crippen LogP contribution < -0.4 is 5.32 Å². The predicted molar refractivity (Wildman–Crippen MR) is 66.1 cm³/mol. The molecule has 5 heteroatoms. The molecule has 0 bridgehead atoms. The van der Waals surface area contributed by atoms with E-state index in [1.165, 1.54) is 0 Å². The number of likely N-dealkylation sites (tertiary alicyclic amines) is 1. The summed E-state index contributed by atoms with van der Waals surface area (Å²) in [6, 6.07) is 9.89. The Morgan fingerprint density at radius 1 is 1.39 bits per heavy atom. The summed E-state index contributed by atoms with van der Waals surface area (Å²) in [6.45, 7) is 1.86. The van der Waals surface area contributed by atoms with Gasteiger partial charge in [-0.3, -0.25) is 4.90 Å². The number of nitrogens with one attached hydrogen (secondary N) is 1. The first-order valence-electron chi connectivity index (χ1n) is 6.02. The molecule has 1 aliphatic rings. The molecule has 2 atom stereocenters. The van der Waals surface area contributed by atoms with E-state index in [0.29, 0.717) is 19.6 Å². The van der Waals surface area contributed by atoms with Crippen LogP contribution in [0.2, 0.25) is 0 Å². The van der Waals surface area contributed by atoms with Gasteiger partial charge in [-0.05, 0) is 5.56 Å². The Morgan fingerprint density at radius 2 is 2.11 bits per heavy atom. The van der Waals surface area contributed by atoms with Crippen LogP contribution in [-0.2, 0) is 6.54 Å². The summed E-state index contributed by atoms with van der Waals surface area (Å²) in [4.78, 5) is 12.4. The van der Waals surface area contributed by atoms with Crippen LogP contribution in [0.4, 0.5) is 9.18 Å². The van der Waals surface area contributed by atoms with Gasteiger partial charge in [0.15, 0.2) is 0 Å². The number of amides is 1. The molecule has 1 heterocycles. The van der Waals surface area contributed by atoms with Crippen LogP contribution in [0, 0.1) is 5.92 Å². The van der Waals surface area contributed by atoms with Crippen LogP contribution >= 0.6 is 0 Å². The molecule has 0 radical (unpaired) electrons. The van der Waals surface area contributed by atoms with E-state index in [1.54, 1.807) is 0 Å². The van der Waals surface area contributed by atoms with Gasteiger partial charge in [0.2, 0.25) is 0 Å². The highest BCUT2D eigenvalue weighted by Crippen LogP contribution is 2.21. The molecule has 1 aromatic carbocycles. The smallest absolute Gasteiger partial charge is 0.404 e. The lowest BCUT2D eigenvalue weighted by Crippen LogP contribution is -2.32. The second kappa shape index (κ2) is 5.82. The maximum absolute atomic E-state index is 13.7. The Hall–Kier alpha value is -1.62. The Bertz CT molecular complexity index is 399. The number of hydrogen-bond acceptors (Lipinski definition) is 2.